The molecule has 38 heavy (non-hydrogen) atoms. The van der Waals surface area contributed by atoms with E-state index in [1.807, 2.05) is 27.8 Å². The molecule has 2 heterocycles. The molecular weight excluding hydrogens is 486 g/mol. The second-order valence-corrected chi connectivity index (χ2v) is 12.5. The van der Waals surface area contributed by atoms with E-state index in [-0.39, 0.29) is 48.3 Å². The Kier molecular flexibility index (Phi) is 11.6. The van der Waals surface area contributed by atoms with E-state index >= 15 is 0 Å². The molecule has 0 aromatic carbocycles. The van der Waals surface area contributed by atoms with Gasteiger partial charge in [-0.3, -0.25) is 29.0 Å². The smallest absolute Gasteiger partial charge is 0.325 e. The summed E-state index contributed by atoms with van der Waals surface area (Å²) in [6.45, 7) is 12.2. The summed E-state index contributed by atoms with van der Waals surface area (Å²) in [6, 6.07) is -1.37. The lowest BCUT2D eigenvalue weighted by molar-refractivity contribution is -0.148. The van der Waals surface area contributed by atoms with Gasteiger partial charge in [0.15, 0.2) is 0 Å². The van der Waals surface area contributed by atoms with E-state index in [9.17, 15) is 19.2 Å². The Balaban J connectivity index is 2.17. The van der Waals surface area contributed by atoms with E-state index < -0.39 is 17.4 Å². The fraction of sp³-hybridized carbons (Fsp3) is 0.857. The number of nitrogens with zero attached hydrogens (tertiary/aromatic N) is 4. The van der Waals surface area contributed by atoms with Crippen molar-refractivity contribution < 1.29 is 23.9 Å². The lowest BCUT2D eigenvalue weighted by atomic mass is 9.84. The van der Waals surface area contributed by atoms with E-state index in [1.54, 1.807) is 19.0 Å². The number of ether oxygens (including phenoxy) is 1. The average molecular weight is 538 g/mol. The molecule has 0 aromatic rings. The number of amides is 3. The maximum atomic E-state index is 13.9. The zero-order valence-electron chi connectivity index (χ0n) is 25.1. The number of esters is 1. The van der Waals surface area contributed by atoms with Crippen molar-refractivity contribution in [2.75, 3.05) is 54.4 Å². The normalized spacial score (nSPS) is 22.6. The van der Waals surface area contributed by atoms with Crippen LogP contribution in [0.5, 0.6) is 0 Å². The Morgan fingerprint density at radius 2 is 1.63 bits per heavy atom. The van der Waals surface area contributed by atoms with Crippen LogP contribution in [0.15, 0.2) is 0 Å². The van der Waals surface area contributed by atoms with Gasteiger partial charge in [0, 0.05) is 26.7 Å². The first-order valence-corrected chi connectivity index (χ1v) is 14.0. The summed E-state index contributed by atoms with van der Waals surface area (Å²) in [6.07, 6.45) is 4.48. The molecule has 2 aliphatic rings. The second kappa shape index (κ2) is 13.7. The summed E-state index contributed by atoms with van der Waals surface area (Å²) in [4.78, 5) is 59.4. The SMILES string of the molecule is COC(=O)CN(C)C(=O)C1CCCN1C[C@H](C(C)C)N(C)C(=O)C(NC(=O)C1CCCCN1C)C(C)(C)C. The quantitative estimate of drug-likeness (QED) is 0.422. The number of carbonyl (C=O) groups is 4. The highest BCUT2D eigenvalue weighted by Gasteiger charge is 2.41. The van der Waals surface area contributed by atoms with Gasteiger partial charge in [0.1, 0.15) is 12.6 Å². The molecule has 0 spiro atoms. The van der Waals surface area contributed by atoms with Crippen molar-refractivity contribution in [3.8, 4) is 0 Å². The molecular formula is C28H51N5O5. The highest BCUT2D eigenvalue weighted by Crippen LogP contribution is 2.26. The molecule has 0 saturated carbocycles. The van der Waals surface area contributed by atoms with Gasteiger partial charge in [-0.05, 0) is 57.2 Å². The molecule has 0 aliphatic carbocycles. The average Bonchev–Trinajstić information content (AvgIpc) is 3.31. The molecule has 2 saturated heterocycles. The summed E-state index contributed by atoms with van der Waals surface area (Å²) in [5, 5.41) is 3.10. The Morgan fingerprint density at radius 3 is 2.18 bits per heavy atom. The van der Waals surface area contributed by atoms with Gasteiger partial charge in [0.2, 0.25) is 17.7 Å². The predicted octanol–water partition coefficient (Wildman–Crippen LogP) is 1.58. The minimum atomic E-state index is -0.668. The van der Waals surface area contributed by atoms with Crippen LogP contribution in [0.4, 0.5) is 0 Å². The summed E-state index contributed by atoms with van der Waals surface area (Å²) in [5.41, 5.74) is -0.474. The molecule has 0 bridgehead atoms. The number of carbonyl (C=O) groups excluding carboxylic acids is 4. The molecule has 2 aliphatic heterocycles. The minimum absolute atomic E-state index is 0.0885. The van der Waals surface area contributed by atoms with Gasteiger partial charge < -0.3 is 19.9 Å². The number of methoxy groups -OCH3 is 1. The molecule has 3 unspecified atom stereocenters. The number of hydrogen-bond donors (Lipinski definition) is 1. The number of nitrogens with one attached hydrogen (secondary N) is 1. The number of likely N-dealkylation sites (N-methyl/N-ethyl adjacent to an activating group) is 3. The van der Waals surface area contributed by atoms with E-state index in [4.69, 9.17) is 4.74 Å². The van der Waals surface area contributed by atoms with Crippen molar-refractivity contribution in [2.24, 2.45) is 11.3 Å². The first-order chi connectivity index (χ1) is 17.7. The third-order valence-corrected chi connectivity index (χ3v) is 8.13. The molecule has 10 heteroatoms. The van der Waals surface area contributed by atoms with Crippen LogP contribution < -0.4 is 5.32 Å². The fourth-order valence-electron chi connectivity index (χ4n) is 5.60. The monoisotopic (exact) mass is 537 g/mol. The van der Waals surface area contributed by atoms with E-state index in [2.05, 4.69) is 29.0 Å². The maximum absolute atomic E-state index is 13.9. The molecule has 4 atom stereocenters. The summed E-state index contributed by atoms with van der Waals surface area (Å²) < 4.78 is 4.71. The largest absolute Gasteiger partial charge is 0.468 e. The zero-order chi connectivity index (χ0) is 28.8. The Hall–Kier alpha value is -2.20. The van der Waals surface area contributed by atoms with E-state index in [0.717, 1.165) is 38.8 Å². The van der Waals surface area contributed by atoms with Crippen LogP contribution in [0.1, 0.15) is 66.7 Å². The summed E-state index contributed by atoms with van der Waals surface area (Å²) in [7, 11) is 6.70. The third kappa shape index (κ3) is 8.15. The fourth-order valence-corrected chi connectivity index (χ4v) is 5.60. The van der Waals surface area contributed by atoms with Crippen molar-refractivity contribution >= 4 is 23.7 Å². The van der Waals surface area contributed by atoms with Crippen molar-refractivity contribution in [2.45, 2.75) is 90.9 Å². The Bertz CT molecular complexity index is 842. The number of likely N-dealkylation sites (tertiary alicyclic amines) is 2. The van der Waals surface area contributed by atoms with Crippen molar-refractivity contribution in [3.05, 3.63) is 0 Å². The second-order valence-electron chi connectivity index (χ2n) is 12.5. The summed E-state index contributed by atoms with van der Waals surface area (Å²) >= 11 is 0. The van der Waals surface area contributed by atoms with Gasteiger partial charge in [-0.15, -0.1) is 0 Å². The predicted molar refractivity (Wildman–Crippen MR) is 147 cm³/mol. The molecule has 0 radical (unpaired) electrons. The Labute approximate surface area is 229 Å². The van der Waals surface area contributed by atoms with Gasteiger partial charge in [-0.25, -0.2) is 0 Å². The molecule has 2 fully saturated rings. The highest BCUT2D eigenvalue weighted by atomic mass is 16.5. The number of piperidine rings is 1. The maximum Gasteiger partial charge on any atom is 0.325 e. The lowest BCUT2D eigenvalue weighted by Crippen LogP contribution is -2.61. The van der Waals surface area contributed by atoms with Crippen molar-refractivity contribution in [1.82, 2.24) is 24.9 Å². The third-order valence-electron chi connectivity index (χ3n) is 8.13. The number of rotatable bonds is 10. The molecule has 1 N–H and O–H groups in total. The lowest BCUT2D eigenvalue weighted by Gasteiger charge is -2.41. The molecule has 10 nitrogen and oxygen atoms in total. The molecule has 3 amide bonds. The van der Waals surface area contributed by atoms with Gasteiger partial charge in [-0.1, -0.05) is 41.0 Å². The molecule has 2 rings (SSSR count). The van der Waals surface area contributed by atoms with E-state index in [0.29, 0.717) is 13.0 Å². The van der Waals surface area contributed by atoms with Crippen LogP contribution in [0.2, 0.25) is 0 Å². The van der Waals surface area contributed by atoms with Crippen LogP contribution in [0.3, 0.4) is 0 Å². The zero-order valence-corrected chi connectivity index (χ0v) is 25.1. The molecule has 218 valence electrons. The molecule has 0 aromatic heterocycles. The van der Waals surface area contributed by atoms with Gasteiger partial charge in [0.05, 0.1) is 19.2 Å². The van der Waals surface area contributed by atoms with Crippen LogP contribution in [0.25, 0.3) is 0 Å². The highest BCUT2D eigenvalue weighted by molar-refractivity contribution is 5.90. The summed E-state index contributed by atoms with van der Waals surface area (Å²) in [5.74, 6) is -0.637. The Morgan fingerprint density at radius 1 is 1.00 bits per heavy atom. The van der Waals surface area contributed by atoms with Crippen LogP contribution >= 0.6 is 0 Å². The standard InChI is InChI=1S/C28H51N5O5/c1-19(2)22(17-33-16-12-14-21(33)26(36)31(7)18-23(34)38-9)32(8)27(37)24(28(3,4)5)29-25(35)20-13-10-11-15-30(20)6/h19-22,24H,10-18H2,1-9H3,(H,29,35)/t20?,21?,22-,24?/m1/s1. The van der Waals surface area contributed by atoms with Gasteiger partial charge >= 0.3 is 5.97 Å². The minimum Gasteiger partial charge on any atom is -0.468 e. The van der Waals surface area contributed by atoms with Crippen molar-refractivity contribution in [3.63, 3.8) is 0 Å². The van der Waals surface area contributed by atoms with Gasteiger partial charge in [-0.2, -0.15) is 0 Å². The van der Waals surface area contributed by atoms with Gasteiger partial charge in [0.25, 0.3) is 0 Å². The van der Waals surface area contributed by atoms with Crippen LogP contribution in [0, 0.1) is 11.3 Å². The topological polar surface area (TPSA) is 102 Å². The van der Waals surface area contributed by atoms with Crippen LogP contribution in [-0.4, -0.2) is 122 Å². The van der Waals surface area contributed by atoms with Crippen molar-refractivity contribution in [1.29, 1.82) is 0 Å². The first kappa shape index (κ1) is 32.0. The number of hydrogen-bond acceptors (Lipinski definition) is 7. The first-order valence-electron chi connectivity index (χ1n) is 14.0. The van der Waals surface area contributed by atoms with E-state index in [1.165, 1.54) is 12.0 Å². The van der Waals surface area contributed by atoms with Crippen LogP contribution in [-0.2, 0) is 23.9 Å².